The molecule has 0 radical (unpaired) electrons. The molecule has 3 rings (SSSR count). The minimum Gasteiger partial charge on any atom is -0.487 e. The van der Waals surface area contributed by atoms with Gasteiger partial charge < -0.3 is 9.15 Å². The largest absolute Gasteiger partial charge is 0.487 e. The summed E-state index contributed by atoms with van der Waals surface area (Å²) in [5.74, 6) is 1.61. The highest BCUT2D eigenvalue weighted by Crippen LogP contribution is 2.35. The van der Waals surface area contributed by atoms with Gasteiger partial charge in [-0.15, -0.1) is 0 Å². The highest BCUT2D eigenvalue weighted by atomic mass is 16.5. The van der Waals surface area contributed by atoms with E-state index in [9.17, 15) is 4.79 Å². The van der Waals surface area contributed by atoms with E-state index < -0.39 is 0 Å². The number of aryl methyl sites for hydroxylation is 1. The van der Waals surface area contributed by atoms with E-state index in [0.717, 1.165) is 23.5 Å². The van der Waals surface area contributed by atoms with Crippen molar-refractivity contribution in [2.45, 2.75) is 32.8 Å². The summed E-state index contributed by atoms with van der Waals surface area (Å²) in [6.07, 6.45) is 2.33. The predicted molar refractivity (Wildman–Crippen MR) is 71.7 cm³/mol. The van der Waals surface area contributed by atoms with Gasteiger partial charge in [0.2, 0.25) is 0 Å². The van der Waals surface area contributed by atoms with Crippen LogP contribution in [0.15, 0.2) is 34.9 Å². The van der Waals surface area contributed by atoms with Crippen LogP contribution in [-0.2, 0) is 6.42 Å². The van der Waals surface area contributed by atoms with Crippen molar-refractivity contribution in [1.82, 2.24) is 0 Å². The zero-order valence-corrected chi connectivity index (χ0v) is 11.3. The number of hydrogen-bond donors (Lipinski definition) is 0. The van der Waals surface area contributed by atoms with E-state index in [1.807, 2.05) is 39.0 Å². The third-order valence-electron chi connectivity index (χ3n) is 3.32. The third-order valence-corrected chi connectivity index (χ3v) is 3.32. The van der Waals surface area contributed by atoms with Crippen LogP contribution in [0.5, 0.6) is 5.75 Å². The van der Waals surface area contributed by atoms with Crippen LogP contribution in [0.25, 0.3) is 0 Å². The fourth-order valence-corrected chi connectivity index (χ4v) is 2.48. The van der Waals surface area contributed by atoms with E-state index in [1.54, 1.807) is 6.07 Å². The smallest absolute Gasteiger partial charge is 0.196 e. The topological polar surface area (TPSA) is 39.4 Å². The molecule has 2 heterocycles. The Balaban J connectivity index is 1.94. The molecule has 0 saturated heterocycles. The van der Waals surface area contributed by atoms with Crippen LogP contribution in [0.4, 0.5) is 0 Å². The molecule has 2 aromatic rings. The minimum atomic E-state index is -0.184. The molecule has 19 heavy (non-hydrogen) atoms. The summed E-state index contributed by atoms with van der Waals surface area (Å²) in [7, 11) is 0. The highest BCUT2D eigenvalue weighted by molar-refractivity contribution is 6.09. The number of benzene rings is 1. The number of furan rings is 1. The molecule has 0 bridgehead atoms. The molecule has 98 valence electrons. The number of ketones is 1. The lowest BCUT2D eigenvalue weighted by Gasteiger charge is -2.16. The number of ether oxygens (including phenoxy) is 1. The van der Waals surface area contributed by atoms with Crippen LogP contribution in [0.2, 0.25) is 0 Å². The van der Waals surface area contributed by atoms with Crippen molar-refractivity contribution in [2.24, 2.45) is 0 Å². The predicted octanol–water partition coefficient (Wildman–Crippen LogP) is 3.53. The summed E-state index contributed by atoms with van der Waals surface area (Å²) in [5, 5.41) is 0. The van der Waals surface area contributed by atoms with Gasteiger partial charge >= 0.3 is 0 Å². The van der Waals surface area contributed by atoms with Crippen molar-refractivity contribution >= 4 is 5.78 Å². The normalized spacial score (nSPS) is 15.9. The number of hydrogen-bond acceptors (Lipinski definition) is 3. The second kappa shape index (κ2) is 3.98. The van der Waals surface area contributed by atoms with Crippen molar-refractivity contribution < 1.29 is 13.9 Å². The molecular weight excluding hydrogens is 240 g/mol. The summed E-state index contributed by atoms with van der Waals surface area (Å²) < 4.78 is 11.0. The van der Waals surface area contributed by atoms with Gasteiger partial charge in [0.25, 0.3) is 0 Å². The molecule has 0 atom stereocenters. The van der Waals surface area contributed by atoms with Gasteiger partial charge in [-0.05, 0) is 50.6 Å². The van der Waals surface area contributed by atoms with Crippen LogP contribution < -0.4 is 4.74 Å². The summed E-state index contributed by atoms with van der Waals surface area (Å²) in [4.78, 5) is 12.3. The highest BCUT2D eigenvalue weighted by Gasteiger charge is 2.30. The van der Waals surface area contributed by atoms with Gasteiger partial charge in [0.15, 0.2) is 5.78 Å². The van der Waals surface area contributed by atoms with Crippen molar-refractivity contribution in [1.29, 1.82) is 0 Å². The Bertz CT molecular complexity index is 650. The average molecular weight is 256 g/mol. The lowest BCUT2D eigenvalue weighted by atomic mass is 9.98. The molecule has 0 unspecified atom stereocenters. The zero-order chi connectivity index (χ0) is 13.6. The number of fused-ring (bicyclic) bond motifs is 1. The minimum absolute atomic E-state index is 0.00986. The second-order valence-electron chi connectivity index (χ2n) is 5.64. The van der Waals surface area contributed by atoms with Crippen LogP contribution in [-0.4, -0.2) is 11.4 Å². The summed E-state index contributed by atoms with van der Waals surface area (Å²) >= 11 is 0. The molecule has 1 aromatic carbocycles. The molecular formula is C16H16O3. The number of carbonyl (C=O) groups is 1. The molecule has 0 fully saturated rings. The van der Waals surface area contributed by atoms with Crippen molar-refractivity contribution in [2.75, 3.05) is 0 Å². The fraction of sp³-hybridized carbons (Fsp3) is 0.312. The third kappa shape index (κ3) is 2.16. The fourth-order valence-electron chi connectivity index (χ4n) is 2.48. The lowest BCUT2D eigenvalue weighted by Crippen LogP contribution is -2.24. The Morgan fingerprint density at radius 1 is 1.21 bits per heavy atom. The number of carbonyl (C=O) groups excluding carboxylic acids is 1. The Morgan fingerprint density at radius 2 is 2.00 bits per heavy atom. The molecule has 1 aliphatic heterocycles. The number of rotatable bonds is 2. The van der Waals surface area contributed by atoms with Gasteiger partial charge in [0.1, 0.15) is 23.4 Å². The Morgan fingerprint density at radius 3 is 2.68 bits per heavy atom. The van der Waals surface area contributed by atoms with Crippen LogP contribution in [0.3, 0.4) is 0 Å². The molecule has 0 amide bonds. The van der Waals surface area contributed by atoms with Gasteiger partial charge in [0, 0.05) is 12.0 Å². The molecule has 3 heteroatoms. The van der Waals surface area contributed by atoms with Crippen LogP contribution in [0, 0.1) is 6.92 Å². The molecule has 3 nitrogen and oxygen atoms in total. The maximum Gasteiger partial charge on any atom is 0.196 e. The van der Waals surface area contributed by atoms with Crippen molar-refractivity contribution in [3.63, 3.8) is 0 Å². The summed E-state index contributed by atoms with van der Waals surface area (Å²) in [6.45, 7) is 5.93. The molecule has 0 aliphatic carbocycles. The first-order valence-electron chi connectivity index (χ1n) is 6.36. The Hall–Kier alpha value is -2.03. The van der Waals surface area contributed by atoms with Gasteiger partial charge in [-0.25, -0.2) is 0 Å². The monoisotopic (exact) mass is 256 g/mol. The first kappa shape index (κ1) is 12.0. The summed E-state index contributed by atoms with van der Waals surface area (Å²) in [5.41, 5.74) is 2.18. The zero-order valence-electron chi connectivity index (χ0n) is 11.3. The lowest BCUT2D eigenvalue weighted by molar-refractivity contribution is 0.103. The average Bonchev–Trinajstić information content (AvgIpc) is 2.88. The Kier molecular flexibility index (Phi) is 2.52. The van der Waals surface area contributed by atoms with Gasteiger partial charge in [-0.2, -0.15) is 0 Å². The van der Waals surface area contributed by atoms with Gasteiger partial charge in [0.05, 0.1) is 5.56 Å². The molecule has 1 aliphatic rings. The first-order valence-corrected chi connectivity index (χ1v) is 6.36. The molecule has 0 saturated carbocycles. The van der Waals surface area contributed by atoms with E-state index in [1.165, 1.54) is 6.26 Å². The van der Waals surface area contributed by atoms with E-state index in [4.69, 9.17) is 9.15 Å². The molecule has 0 spiro atoms. The van der Waals surface area contributed by atoms with E-state index in [0.29, 0.717) is 11.1 Å². The van der Waals surface area contributed by atoms with Gasteiger partial charge in [-0.1, -0.05) is 0 Å². The van der Waals surface area contributed by atoms with Crippen molar-refractivity contribution in [3.05, 3.63) is 53.0 Å². The van der Waals surface area contributed by atoms with E-state index in [-0.39, 0.29) is 11.4 Å². The van der Waals surface area contributed by atoms with E-state index >= 15 is 0 Å². The molecule has 0 N–H and O–H groups in total. The second-order valence-corrected chi connectivity index (χ2v) is 5.64. The SMILES string of the molecule is Cc1cc(C(=O)c2ccc3c(c2)CC(C)(C)O3)co1. The maximum absolute atomic E-state index is 12.3. The van der Waals surface area contributed by atoms with Crippen LogP contribution in [0.1, 0.15) is 41.1 Å². The van der Waals surface area contributed by atoms with Crippen molar-refractivity contribution in [3.8, 4) is 5.75 Å². The molecule has 1 aromatic heterocycles. The van der Waals surface area contributed by atoms with Gasteiger partial charge in [-0.3, -0.25) is 4.79 Å². The Labute approximate surface area is 112 Å². The van der Waals surface area contributed by atoms with E-state index in [2.05, 4.69) is 0 Å². The first-order chi connectivity index (χ1) is 8.94. The quantitative estimate of drug-likeness (QED) is 0.771. The summed E-state index contributed by atoms with van der Waals surface area (Å²) in [6, 6.07) is 7.37. The standard InChI is InChI=1S/C16H16O3/c1-10-6-13(9-18-10)15(17)11-4-5-14-12(7-11)8-16(2,3)19-14/h4-7,9H,8H2,1-3H3. The van der Waals surface area contributed by atoms with Crippen LogP contribution >= 0.6 is 0 Å². The maximum atomic E-state index is 12.3.